The largest absolute Gasteiger partial charge is 0.363 e. The molecule has 1 unspecified atom stereocenters. The molecule has 2 aliphatic heterocycles. The van der Waals surface area contributed by atoms with Crippen molar-refractivity contribution in [2.75, 3.05) is 19.6 Å². The van der Waals surface area contributed by atoms with E-state index in [1.165, 1.54) is 12.8 Å². The normalized spacial score (nSPS) is 35.9. The van der Waals surface area contributed by atoms with Gasteiger partial charge in [0, 0.05) is 19.6 Å². The fourth-order valence-corrected chi connectivity index (χ4v) is 3.57. The lowest BCUT2D eigenvalue weighted by Crippen LogP contribution is -2.48. The van der Waals surface area contributed by atoms with Gasteiger partial charge in [-0.05, 0) is 50.4 Å². The first-order chi connectivity index (χ1) is 10.5. The van der Waals surface area contributed by atoms with Crippen LogP contribution in [0.4, 0.5) is 4.39 Å². The molecule has 5 nitrogen and oxygen atoms in total. The predicted octanol–water partition coefficient (Wildman–Crippen LogP) is 1.02. The number of carbonyl (C=O) groups is 2. The van der Waals surface area contributed by atoms with Gasteiger partial charge in [0.05, 0.1) is 6.10 Å². The van der Waals surface area contributed by atoms with Crippen LogP contribution in [0.15, 0.2) is 0 Å². The first-order valence-electron chi connectivity index (χ1n) is 8.47. The minimum atomic E-state index is -1.60. The van der Waals surface area contributed by atoms with Crippen LogP contribution in [0.25, 0.3) is 0 Å². The van der Waals surface area contributed by atoms with Crippen molar-refractivity contribution in [3.8, 4) is 0 Å². The van der Waals surface area contributed by atoms with Gasteiger partial charge in [-0.25, -0.2) is 4.39 Å². The SMILES string of the molecule is O=C(NCC1CC1)C1C[C@@H]2CCN(C(=O)C3(F)CC3)C[C@@H]2O1. The molecule has 0 bridgehead atoms. The Hall–Kier alpha value is -1.17. The third-order valence-corrected chi connectivity index (χ3v) is 5.47. The molecule has 0 aromatic rings. The van der Waals surface area contributed by atoms with E-state index in [0.717, 1.165) is 19.4 Å². The summed E-state index contributed by atoms with van der Waals surface area (Å²) in [6.07, 6.45) is 4.13. The summed E-state index contributed by atoms with van der Waals surface area (Å²) in [4.78, 5) is 25.8. The van der Waals surface area contributed by atoms with Gasteiger partial charge in [0.2, 0.25) is 5.91 Å². The van der Waals surface area contributed by atoms with E-state index in [-0.39, 0.29) is 17.9 Å². The molecule has 122 valence electrons. The molecule has 22 heavy (non-hydrogen) atoms. The molecule has 4 rings (SSSR count). The molecule has 2 saturated carbocycles. The van der Waals surface area contributed by atoms with Crippen molar-refractivity contribution in [1.29, 1.82) is 0 Å². The lowest BCUT2D eigenvalue weighted by molar-refractivity contribution is -0.143. The number of hydrogen-bond acceptors (Lipinski definition) is 3. The smallest absolute Gasteiger partial charge is 0.260 e. The van der Waals surface area contributed by atoms with Crippen molar-refractivity contribution in [2.45, 2.75) is 56.4 Å². The van der Waals surface area contributed by atoms with Crippen molar-refractivity contribution in [3.63, 3.8) is 0 Å². The summed E-state index contributed by atoms with van der Waals surface area (Å²) in [6, 6.07) is 0. The Balaban J connectivity index is 1.31. The number of nitrogens with one attached hydrogen (secondary N) is 1. The van der Waals surface area contributed by atoms with Crippen LogP contribution in [0.3, 0.4) is 0 Å². The summed E-state index contributed by atoms with van der Waals surface area (Å²) >= 11 is 0. The summed E-state index contributed by atoms with van der Waals surface area (Å²) in [7, 11) is 0. The number of halogens is 1. The first-order valence-corrected chi connectivity index (χ1v) is 8.47. The minimum absolute atomic E-state index is 0.0247. The Morgan fingerprint density at radius 1 is 1.27 bits per heavy atom. The number of carbonyl (C=O) groups excluding carboxylic acids is 2. The molecule has 2 saturated heterocycles. The number of likely N-dealkylation sites (tertiary alicyclic amines) is 1. The molecule has 0 aromatic carbocycles. The first kappa shape index (κ1) is 14.4. The molecule has 2 heterocycles. The zero-order valence-electron chi connectivity index (χ0n) is 12.7. The molecule has 0 spiro atoms. The molecule has 1 N–H and O–H groups in total. The maximum Gasteiger partial charge on any atom is 0.260 e. The molecule has 2 aliphatic carbocycles. The number of piperidine rings is 1. The highest BCUT2D eigenvalue weighted by molar-refractivity contribution is 5.88. The third kappa shape index (κ3) is 2.73. The molecule has 0 radical (unpaired) electrons. The van der Waals surface area contributed by atoms with Crippen molar-refractivity contribution < 1.29 is 18.7 Å². The summed E-state index contributed by atoms with van der Waals surface area (Å²) in [5, 5.41) is 2.96. The number of amides is 2. The highest BCUT2D eigenvalue weighted by atomic mass is 19.1. The Bertz CT molecular complexity index is 490. The summed E-state index contributed by atoms with van der Waals surface area (Å²) < 4.78 is 19.8. The van der Waals surface area contributed by atoms with Crippen molar-refractivity contribution >= 4 is 11.8 Å². The van der Waals surface area contributed by atoms with Crippen LogP contribution in [0.2, 0.25) is 0 Å². The fourth-order valence-electron chi connectivity index (χ4n) is 3.57. The second-order valence-electron chi connectivity index (χ2n) is 7.35. The molecule has 3 atom stereocenters. The highest BCUT2D eigenvalue weighted by Crippen LogP contribution is 2.43. The maximum atomic E-state index is 13.9. The van der Waals surface area contributed by atoms with E-state index in [0.29, 0.717) is 37.8 Å². The van der Waals surface area contributed by atoms with Crippen LogP contribution >= 0.6 is 0 Å². The van der Waals surface area contributed by atoms with Crippen molar-refractivity contribution in [3.05, 3.63) is 0 Å². The highest BCUT2D eigenvalue weighted by Gasteiger charge is 2.54. The van der Waals surface area contributed by atoms with E-state index in [2.05, 4.69) is 5.32 Å². The number of alkyl halides is 1. The van der Waals surface area contributed by atoms with Crippen LogP contribution in [0.1, 0.15) is 38.5 Å². The minimum Gasteiger partial charge on any atom is -0.363 e. The number of ether oxygens (including phenoxy) is 1. The number of hydrogen-bond donors (Lipinski definition) is 1. The van der Waals surface area contributed by atoms with Crippen LogP contribution in [0, 0.1) is 11.8 Å². The monoisotopic (exact) mass is 310 g/mol. The quantitative estimate of drug-likeness (QED) is 0.843. The van der Waals surface area contributed by atoms with E-state index in [9.17, 15) is 14.0 Å². The predicted molar refractivity (Wildman–Crippen MR) is 76.8 cm³/mol. The second-order valence-corrected chi connectivity index (χ2v) is 7.35. The summed E-state index contributed by atoms with van der Waals surface area (Å²) in [5.74, 6) is 0.565. The summed E-state index contributed by atoms with van der Waals surface area (Å²) in [6.45, 7) is 1.77. The molecule has 6 heteroatoms. The average Bonchev–Trinajstić information content (AvgIpc) is 3.43. The van der Waals surface area contributed by atoms with E-state index < -0.39 is 11.8 Å². The Labute approximate surface area is 129 Å². The average molecular weight is 310 g/mol. The van der Waals surface area contributed by atoms with Crippen LogP contribution in [0.5, 0.6) is 0 Å². The zero-order valence-corrected chi connectivity index (χ0v) is 12.7. The van der Waals surface area contributed by atoms with Crippen LogP contribution < -0.4 is 5.32 Å². The molecule has 0 aromatic heterocycles. The molecule has 4 fully saturated rings. The van der Waals surface area contributed by atoms with Crippen LogP contribution in [-0.4, -0.2) is 54.2 Å². The zero-order chi connectivity index (χ0) is 15.3. The van der Waals surface area contributed by atoms with Gasteiger partial charge >= 0.3 is 0 Å². The van der Waals surface area contributed by atoms with Crippen LogP contribution in [-0.2, 0) is 14.3 Å². The van der Waals surface area contributed by atoms with E-state index in [1.807, 2.05) is 0 Å². The molecule has 4 aliphatic rings. The third-order valence-electron chi connectivity index (χ3n) is 5.47. The fraction of sp³-hybridized carbons (Fsp3) is 0.875. The van der Waals surface area contributed by atoms with Gasteiger partial charge in [-0.1, -0.05) is 0 Å². The van der Waals surface area contributed by atoms with Gasteiger partial charge in [-0.3, -0.25) is 9.59 Å². The topological polar surface area (TPSA) is 58.6 Å². The number of nitrogens with zero attached hydrogens (tertiary/aromatic N) is 1. The molecular formula is C16H23FN2O3. The van der Waals surface area contributed by atoms with Gasteiger partial charge in [0.1, 0.15) is 6.10 Å². The van der Waals surface area contributed by atoms with E-state index in [4.69, 9.17) is 4.74 Å². The van der Waals surface area contributed by atoms with E-state index in [1.54, 1.807) is 4.90 Å². The Morgan fingerprint density at radius 2 is 2.05 bits per heavy atom. The lowest BCUT2D eigenvalue weighted by atomic mass is 9.91. The molecular weight excluding hydrogens is 287 g/mol. The maximum absolute atomic E-state index is 13.9. The van der Waals surface area contributed by atoms with E-state index >= 15 is 0 Å². The number of fused-ring (bicyclic) bond motifs is 1. The summed E-state index contributed by atoms with van der Waals surface area (Å²) in [5.41, 5.74) is -1.60. The standard InChI is InChI=1S/C16H23FN2O3/c17-16(4-5-16)15(21)19-6-3-11-7-12(22-13(11)9-19)14(20)18-8-10-1-2-10/h10-13H,1-9H2,(H,18,20)/t11-,12?,13-/m0/s1. The second kappa shape index (κ2) is 5.18. The Kier molecular flexibility index (Phi) is 3.40. The van der Waals surface area contributed by atoms with Gasteiger partial charge in [0.15, 0.2) is 5.67 Å². The van der Waals surface area contributed by atoms with Gasteiger partial charge in [0.25, 0.3) is 5.91 Å². The van der Waals surface area contributed by atoms with Gasteiger partial charge in [-0.2, -0.15) is 0 Å². The van der Waals surface area contributed by atoms with Gasteiger partial charge < -0.3 is 15.0 Å². The van der Waals surface area contributed by atoms with Crippen molar-refractivity contribution in [2.24, 2.45) is 11.8 Å². The lowest BCUT2D eigenvalue weighted by Gasteiger charge is -2.34. The Morgan fingerprint density at radius 3 is 2.73 bits per heavy atom. The van der Waals surface area contributed by atoms with Gasteiger partial charge in [-0.15, -0.1) is 0 Å². The molecule has 2 amide bonds. The van der Waals surface area contributed by atoms with Crippen molar-refractivity contribution in [1.82, 2.24) is 10.2 Å². The number of rotatable bonds is 4.